The van der Waals surface area contributed by atoms with E-state index in [-0.39, 0.29) is 11.9 Å². The topological polar surface area (TPSA) is 38.1 Å². The number of aryl methyl sites for hydroxylation is 1. The van der Waals surface area contributed by atoms with Gasteiger partial charge in [0.05, 0.1) is 11.0 Å². The molecule has 4 heteroatoms. The lowest BCUT2D eigenvalue weighted by Crippen LogP contribution is -2.30. The van der Waals surface area contributed by atoms with Crippen LogP contribution in [0.2, 0.25) is 0 Å². The van der Waals surface area contributed by atoms with Crippen molar-refractivity contribution in [2.24, 2.45) is 0 Å². The van der Waals surface area contributed by atoms with Gasteiger partial charge in [-0.1, -0.05) is 19.1 Å². The van der Waals surface area contributed by atoms with Gasteiger partial charge in [0, 0.05) is 20.5 Å². The van der Waals surface area contributed by atoms with Gasteiger partial charge < -0.3 is 9.47 Å². The highest BCUT2D eigenvalue weighted by molar-refractivity contribution is 5.83. The summed E-state index contributed by atoms with van der Waals surface area (Å²) in [6.07, 6.45) is 0.819. The Hall–Kier alpha value is -1.84. The first-order valence-corrected chi connectivity index (χ1v) is 6.23. The summed E-state index contributed by atoms with van der Waals surface area (Å²) >= 11 is 0. The number of benzene rings is 1. The zero-order chi connectivity index (χ0) is 13.3. The third-order valence-corrected chi connectivity index (χ3v) is 3.17. The number of para-hydroxylation sites is 2. The Balaban J connectivity index is 2.58. The van der Waals surface area contributed by atoms with Crippen molar-refractivity contribution in [2.45, 2.75) is 26.3 Å². The van der Waals surface area contributed by atoms with Crippen molar-refractivity contribution in [1.29, 1.82) is 0 Å². The van der Waals surface area contributed by atoms with E-state index in [9.17, 15) is 4.79 Å². The molecular weight excluding hydrogens is 226 g/mol. The van der Waals surface area contributed by atoms with E-state index in [0.29, 0.717) is 0 Å². The van der Waals surface area contributed by atoms with Crippen molar-refractivity contribution in [3.63, 3.8) is 0 Å². The smallest absolute Gasteiger partial charge is 0.244 e. The fraction of sp³-hybridized carbons (Fsp3) is 0.429. The molecule has 18 heavy (non-hydrogen) atoms. The summed E-state index contributed by atoms with van der Waals surface area (Å²) < 4.78 is 2.04. The van der Waals surface area contributed by atoms with Crippen LogP contribution in [0.25, 0.3) is 11.0 Å². The number of likely N-dealkylation sites (N-methyl/N-ethyl adjacent to an activating group) is 1. The Bertz CT molecular complexity index is 571. The van der Waals surface area contributed by atoms with Gasteiger partial charge in [-0.05, 0) is 19.1 Å². The van der Waals surface area contributed by atoms with Crippen molar-refractivity contribution in [3.8, 4) is 0 Å². The molecule has 1 atom stereocenters. The van der Waals surface area contributed by atoms with E-state index in [1.54, 1.807) is 19.0 Å². The largest absolute Gasteiger partial charge is 0.347 e. The van der Waals surface area contributed by atoms with Gasteiger partial charge in [-0.2, -0.15) is 0 Å². The van der Waals surface area contributed by atoms with Crippen LogP contribution in [0.1, 0.15) is 25.7 Å². The van der Waals surface area contributed by atoms with Crippen molar-refractivity contribution in [2.75, 3.05) is 14.1 Å². The standard InChI is InChI=1S/C14H19N3O/c1-5-13-15-11-8-6-7-9-12(11)17(13)10(2)14(18)16(3)4/h6-10H,5H2,1-4H3. The number of aromatic nitrogens is 2. The van der Waals surface area contributed by atoms with Crippen LogP contribution < -0.4 is 0 Å². The first-order chi connectivity index (χ1) is 8.56. The average molecular weight is 245 g/mol. The minimum Gasteiger partial charge on any atom is -0.347 e. The SMILES string of the molecule is CCc1nc2ccccc2n1C(C)C(=O)N(C)C. The summed E-state index contributed by atoms with van der Waals surface area (Å²) in [5, 5.41) is 0. The van der Waals surface area contributed by atoms with Gasteiger partial charge in [0.2, 0.25) is 5.91 Å². The van der Waals surface area contributed by atoms with Crippen molar-refractivity contribution >= 4 is 16.9 Å². The summed E-state index contributed by atoms with van der Waals surface area (Å²) in [7, 11) is 3.56. The quantitative estimate of drug-likeness (QED) is 0.831. The van der Waals surface area contributed by atoms with E-state index < -0.39 is 0 Å². The molecule has 2 rings (SSSR count). The zero-order valence-electron chi connectivity index (χ0n) is 11.3. The minimum atomic E-state index is -0.220. The van der Waals surface area contributed by atoms with Gasteiger partial charge in [-0.15, -0.1) is 0 Å². The van der Waals surface area contributed by atoms with E-state index in [2.05, 4.69) is 11.9 Å². The van der Waals surface area contributed by atoms with Crippen molar-refractivity contribution in [1.82, 2.24) is 14.5 Å². The highest BCUT2D eigenvalue weighted by Gasteiger charge is 2.21. The molecule has 96 valence electrons. The molecule has 2 aromatic rings. The molecule has 0 aliphatic heterocycles. The van der Waals surface area contributed by atoms with E-state index in [1.165, 1.54) is 0 Å². The van der Waals surface area contributed by atoms with Crippen LogP contribution >= 0.6 is 0 Å². The summed E-state index contributed by atoms with van der Waals surface area (Å²) in [5.41, 5.74) is 1.98. The number of hydrogen-bond acceptors (Lipinski definition) is 2. The van der Waals surface area contributed by atoms with Gasteiger partial charge in [-0.25, -0.2) is 4.98 Å². The zero-order valence-corrected chi connectivity index (χ0v) is 11.3. The van der Waals surface area contributed by atoms with E-state index in [4.69, 9.17) is 0 Å². The molecule has 1 unspecified atom stereocenters. The van der Waals surface area contributed by atoms with Crippen LogP contribution in [-0.2, 0) is 11.2 Å². The molecule has 0 spiro atoms. The molecule has 1 amide bonds. The fourth-order valence-corrected chi connectivity index (χ4v) is 2.26. The van der Waals surface area contributed by atoms with Gasteiger partial charge in [0.25, 0.3) is 0 Å². The normalized spacial score (nSPS) is 12.7. The number of hydrogen-bond donors (Lipinski definition) is 0. The Morgan fingerprint density at radius 3 is 2.67 bits per heavy atom. The predicted molar refractivity (Wildman–Crippen MR) is 72.5 cm³/mol. The minimum absolute atomic E-state index is 0.0906. The number of fused-ring (bicyclic) bond motifs is 1. The first kappa shape index (κ1) is 12.6. The molecule has 0 N–H and O–H groups in total. The van der Waals surface area contributed by atoms with E-state index in [0.717, 1.165) is 23.3 Å². The Labute approximate surface area is 107 Å². The highest BCUT2D eigenvalue weighted by atomic mass is 16.2. The molecular formula is C14H19N3O. The molecule has 1 heterocycles. The second kappa shape index (κ2) is 4.80. The first-order valence-electron chi connectivity index (χ1n) is 6.23. The number of carbonyl (C=O) groups excluding carboxylic acids is 1. The number of imidazole rings is 1. The van der Waals surface area contributed by atoms with Crippen LogP contribution in [0.3, 0.4) is 0 Å². The van der Waals surface area contributed by atoms with Crippen molar-refractivity contribution in [3.05, 3.63) is 30.1 Å². The molecule has 0 fully saturated rings. The van der Waals surface area contributed by atoms with Gasteiger partial charge in [0.1, 0.15) is 11.9 Å². The lowest BCUT2D eigenvalue weighted by molar-refractivity contribution is -0.131. The fourth-order valence-electron chi connectivity index (χ4n) is 2.26. The number of carbonyl (C=O) groups is 1. The molecule has 0 bridgehead atoms. The van der Waals surface area contributed by atoms with E-state index >= 15 is 0 Å². The maximum atomic E-state index is 12.1. The summed E-state index contributed by atoms with van der Waals surface area (Å²) in [6, 6.07) is 7.73. The Kier molecular flexibility index (Phi) is 3.36. The monoisotopic (exact) mass is 245 g/mol. The van der Waals surface area contributed by atoms with E-state index in [1.807, 2.05) is 35.8 Å². The molecule has 1 aromatic carbocycles. The third-order valence-electron chi connectivity index (χ3n) is 3.17. The molecule has 0 radical (unpaired) electrons. The predicted octanol–water partition coefficient (Wildman–Crippen LogP) is 2.25. The maximum Gasteiger partial charge on any atom is 0.244 e. The van der Waals surface area contributed by atoms with Crippen LogP contribution in [0, 0.1) is 0 Å². The van der Waals surface area contributed by atoms with Gasteiger partial charge in [-0.3, -0.25) is 4.79 Å². The lowest BCUT2D eigenvalue weighted by Gasteiger charge is -2.20. The second-order valence-corrected chi connectivity index (χ2v) is 4.65. The van der Waals surface area contributed by atoms with Gasteiger partial charge >= 0.3 is 0 Å². The molecule has 4 nitrogen and oxygen atoms in total. The average Bonchev–Trinajstić information content (AvgIpc) is 2.75. The highest BCUT2D eigenvalue weighted by Crippen LogP contribution is 2.22. The maximum absolute atomic E-state index is 12.1. The Morgan fingerprint density at radius 1 is 1.39 bits per heavy atom. The second-order valence-electron chi connectivity index (χ2n) is 4.65. The van der Waals surface area contributed by atoms with Crippen LogP contribution in [0.4, 0.5) is 0 Å². The van der Waals surface area contributed by atoms with Crippen LogP contribution in [0.15, 0.2) is 24.3 Å². The van der Waals surface area contributed by atoms with Crippen LogP contribution in [-0.4, -0.2) is 34.5 Å². The van der Waals surface area contributed by atoms with Crippen LogP contribution in [0.5, 0.6) is 0 Å². The van der Waals surface area contributed by atoms with Crippen molar-refractivity contribution < 1.29 is 4.79 Å². The third kappa shape index (κ3) is 1.98. The number of rotatable bonds is 3. The molecule has 1 aromatic heterocycles. The number of amides is 1. The molecule has 0 saturated heterocycles. The molecule has 0 saturated carbocycles. The lowest BCUT2D eigenvalue weighted by atomic mass is 10.2. The summed E-state index contributed by atoms with van der Waals surface area (Å²) in [6.45, 7) is 3.99. The number of nitrogens with zero attached hydrogens (tertiary/aromatic N) is 3. The summed E-state index contributed by atoms with van der Waals surface area (Å²) in [5.74, 6) is 1.05. The Morgan fingerprint density at radius 2 is 2.06 bits per heavy atom. The molecule has 0 aliphatic carbocycles. The summed E-state index contributed by atoms with van der Waals surface area (Å²) in [4.78, 5) is 18.3. The van der Waals surface area contributed by atoms with Gasteiger partial charge in [0.15, 0.2) is 0 Å². The molecule has 0 aliphatic rings.